The fourth-order valence-corrected chi connectivity index (χ4v) is 3.77. The number of carbonyl (C=O) groups is 1. The van der Waals surface area contributed by atoms with Gasteiger partial charge in [-0.2, -0.15) is 0 Å². The van der Waals surface area contributed by atoms with Gasteiger partial charge in [-0.1, -0.05) is 24.3 Å². The molecule has 2 aromatic rings. The van der Waals surface area contributed by atoms with Gasteiger partial charge < -0.3 is 14.6 Å². The highest BCUT2D eigenvalue weighted by Crippen LogP contribution is 2.38. The van der Waals surface area contributed by atoms with Crippen LogP contribution in [0.5, 0.6) is 11.5 Å². The Kier molecular flexibility index (Phi) is 5.96. The van der Waals surface area contributed by atoms with E-state index in [0.717, 1.165) is 24.1 Å². The Labute approximate surface area is 158 Å². The Hall–Kier alpha value is -2.60. The normalized spacial score (nSPS) is 18.7. The van der Waals surface area contributed by atoms with Crippen LogP contribution in [0.25, 0.3) is 0 Å². The zero-order valence-electron chi connectivity index (χ0n) is 15.5. The molecule has 2 aromatic carbocycles. The topological polar surface area (TPSA) is 59.0 Å². The molecule has 2 atom stereocenters. The van der Waals surface area contributed by atoms with Crippen molar-refractivity contribution in [3.63, 3.8) is 0 Å². The summed E-state index contributed by atoms with van der Waals surface area (Å²) in [6, 6.07) is 12.2. The number of ether oxygens (including phenoxy) is 2. The number of hydrogen-bond acceptors (Lipinski definition) is 4. The molecule has 5 nitrogen and oxygen atoms in total. The molecule has 1 heterocycles. The first-order valence-electron chi connectivity index (χ1n) is 8.98. The number of halogens is 1. The molecule has 0 saturated carbocycles. The molecule has 1 aliphatic rings. The third-order valence-electron chi connectivity index (χ3n) is 5.09. The van der Waals surface area contributed by atoms with E-state index >= 15 is 0 Å². The Morgan fingerprint density at radius 2 is 1.93 bits per heavy atom. The molecule has 0 aromatic heterocycles. The number of carboxylic acids is 1. The van der Waals surface area contributed by atoms with Gasteiger partial charge in [0.1, 0.15) is 5.75 Å². The molecule has 6 heteroatoms. The van der Waals surface area contributed by atoms with Gasteiger partial charge in [-0.05, 0) is 43.1 Å². The summed E-state index contributed by atoms with van der Waals surface area (Å²) in [6.45, 7) is 1.14. The molecule has 3 rings (SSSR count). The van der Waals surface area contributed by atoms with E-state index in [2.05, 4.69) is 4.90 Å². The van der Waals surface area contributed by atoms with Crippen LogP contribution in [0.2, 0.25) is 0 Å². The van der Waals surface area contributed by atoms with Crippen LogP contribution in [-0.4, -0.2) is 43.3 Å². The summed E-state index contributed by atoms with van der Waals surface area (Å²) in [7, 11) is 3.03. The van der Waals surface area contributed by atoms with Crippen LogP contribution in [0.1, 0.15) is 30.0 Å². The number of nitrogens with zero attached hydrogens (tertiary/aromatic N) is 1. The van der Waals surface area contributed by atoms with Crippen molar-refractivity contribution in [3.05, 3.63) is 59.4 Å². The quantitative estimate of drug-likeness (QED) is 0.836. The van der Waals surface area contributed by atoms with Crippen molar-refractivity contribution >= 4 is 5.97 Å². The fraction of sp³-hybridized carbons (Fsp3) is 0.381. The molecule has 1 aliphatic heterocycles. The molecular formula is C21H24FNO4. The first kappa shape index (κ1) is 19.2. The average molecular weight is 373 g/mol. The molecule has 0 radical (unpaired) electrons. The second-order valence-electron chi connectivity index (χ2n) is 6.71. The van der Waals surface area contributed by atoms with E-state index in [1.165, 1.54) is 13.2 Å². The lowest BCUT2D eigenvalue weighted by molar-refractivity contribution is -0.143. The molecule has 0 spiro atoms. The SMILES string of the molecule is COc1ccc([C@H](c2ccccc2OC)N2CCC[C@@H](C(=O)O)C2)cc1F. The van der Waals surface area contributed by atoms with Crippen LogP contribution in [0.4, 0.5) is 4.39 Å². The highest BCUT2D eigenvalue weighted by atomic mass is 19.1. The van der Waals surface area contributed by atoms with Gasteiger partial charge in [0.25, 0.3) is 0 Å². The van der Waals surface area contributed by atoms with Crippen LogP contribution in [0.15, 0.2) is 42.5 Å². The van der Waals surface area contributed by atoms with Crippen molar-refractivity contribution in [2.24, 2.45) is 5.92 Å². The summed E-state index contributed by atoms with van der Waals surface area (Å²) in [5.41, 5.74) is 1.62. The Bertz CT molecular complexity index is 811. The minimum Gasteiger partial charge on any atom is -0.496 e. The molecule has 1 saturated heterocycles. The first-order valence-corrected chi connectivity index (χ1v) is 8.98. The molecule has 1 fully saturated rings. The zero-order chi connectivity index (χ0) is 19.4. The lowest BCUT2D eigenvalue weighted by Crippen LogP contribution is -2.41. The summed E-state index contributed by atoms with van der Waals surface area (Å²) in [5, 5.41) is 9.46. The van der Waals surface area contributed by atoms with Crippen LogP contribution < -0.4 is 9.47 Å². The Morgan fingerprint density at radius 3 is 2.59 bits per heavy atom. The molecule has 27 heavy (non-hydrogen) atoms. The Balaban J connectivity index is 2.06. The van der Waals surface area contributed by atoms with Gasteiger partial charge in [-0.25, -0.2) is 4.39 Å². The predicted octanol–water partition coefficient (Wildman–Crippen LogP) is 3.73. The van der Waals surface area contributed by atoms with Crippen molar-refractivity contribution < 1.29 is 23.8 Å². The van der Waals surface area contributed by atoms with E-state index in [0.29, 0.717) is 18.7 Å². The predicted molar refractivity (Wildman–Crippen MR) is 99.7 cm³/mol. The third kappa shape index (κ3) is 4.06. The first-order chi connectivity index (χ1) is 13.0. The maximum absolute atomic E-state index is 14.4. The molecule has 0 aliphatic carbocycles. The Morgan fingerprint density at radius 1 is 1.19 bits per heavy atom. The monoisotopic (exact) mass is 373 g/mol. The van der Waals surface area contributed by atoms with Gasteiger partial charge in [-0.15, -0.1) is 0 Å². The number of rotatable bonds is 6. The van der Waals surface area contributed by atoms with E-state index in [1.807, 2.05) is 30.3 Å². The molecular weight excluding hydrogens is 349 g/mol. The molecule has 0 amide bonds. The van der Waals surface area contributed by atoms with Crippen LogP contribution in [0, 0.1) is 11.7 Å². The van der Waals surface area contributed by atoms with Gasteiger partial charge in [0, 0.05) is 12.1 Å². The summed E-state index contributed by atoms with van der Waals surface area (Å²) in [6.07, 6.45) is 1.43. The van der Waals surface area contributed by atoms with Crippen molar-refractivity contribution in [1.82, 2.24) is 4.90 Å². The third-order valence-corrected chi connectivity index (χ3v) is 5.09. The highest BCUT2D eigenvalue weighted by Gasteiger charge is 2.32. The highest BCUT2D eigenvalue weighted by molar-refractivity contribution is 5.70. The van der Waals surface area contributed by atoms with Crippen LogP contribution in [0.3, 0.4) is 0 Å². The lowest BCUT2D eigenvalue weighted by Gasteiger charge is -2.38. The van der Waals surface area contributed by atoms with E-state index in [9.17, 15) is 14.3 Å². The largest absolute Gasteiger partial charge is 0.496 e. The summed E-state index contributed by atoms with van der Waals surface area (Å²) < 4.78 is 25.0. The van der Waals surface area contributed by atoms with Gasteiger partial charge in [0.15, 0.2) is 11.6 Å². The van der Waals surface area contributed by atoms with E-state index in [-0.39, 0.29) is 11.8 Å². The smallest absolute Gasteiger partial charge is 0.307 e. The maximum atomic E-state index is 14.4. The number of aliphatic carboxylic acids is 1. The van der Waals surface area contributed by atoms with Gasteiger partial charge in [-0.3, -0.25) is 9.69 Å². The number of piperidine rings is 1. The summed E-state index contributed by atoms with van der Waals surface area (Å²) >= 11 is 0. The number of likely N-dealkylation sites (tertiary alicyclic amines) is 1. The molecule has 144 valence electrons. The summed E-state index contributed by atoms with van der Waals surface area (Å²) in [4.78, 5) is 13.6. The lowest BCUT2D eigenvalue weighted by atomic mass is 9.91. The van der Waals surface area contributed by atoms with Gasteiger partial charge in [0.2, 0.25) is 0 Å². The number of hydrogen-bond donors (Lipinski definition) is 1. The maximum Gasteiger partial charge on any atom is 0.307 e. The minimum absolute atomic E-state index is 0.180. The van der Waals surface area contributed by atoms with Crippen molar-refractivity contribution in [3.8, 4) is 11.5 Å². The standard InChI is InChI=1S/C21H24FNO4/c1-26-18-8-4-3-7-16(18)20(14-9-10-19(27-2)17(22)12-14)23-11-5-6-15(13-23)21(24)25/h3-4,7-10,12,15,20H,5-6,11,13H2,1-2H3,(H,24,25)/t15-,20-/m1/s1. The van der Waals surface area contributed by atoms with Crippen LogP contribution in [-0.2, 0) is 4.79 Å². The van der Waals surface area contributed by atoms with Crippen molar-refractivity contribution in [2.45, 2.75) is 18.9 Å². The van der Waals surface area contributed by atoms with Crippen LogP contribution >= 0.6 is 0 Å². The van der Waals surface area contributed by atoms with Gasteiger partial charge >= 0.3 is 5.97 Å². The minimum atomic E-state index is -0.792. The van der Waals surface area contributed by atoms with E-state index in [4.69, 9.17) is 9.47 Å². The molecule has 0 bridgehead atoms. The zero-order valence-corrected chi connectivity index (χ0v) is 15.5. The number of methoxy groups -OCH3 is 2. The summed E-state index contributed by atoms with van der Waals surface area (Å²) in [5.74, 6) is -0.795. The van der Waals surface area contributed by atoms with Gasteiger partial charge in [0.05, 0.1) is 26.2 Å². The van der Waals surface area contributed by atoms with E-state index < -0.39 is 17.7 Å². The van der Waals surface area contributed by atoms with Crippen molar-refractivity contribution in [2.75, 3.05) is 27.3 Å². The average Bonchev–Trinajstić information content (AvgIpc) is 2.69. The van der Waals surface area contributed by atoms with Crippen molar-refractivity contribution in [1.29, 1.82) is 0 Å². The second-order valence-corrected chi connectivity index (χ2v) is 6.71. The number of benzene rings is 2. The second kappa shape index (κ2) is 8.39. The van der Waals surface area contributed by atoms with E-state index in [1.54, 1.807) is 13.2 Å². The molecule has 0 unspecified atom stereocenters. The fourth-order valence-electron chi connectivity index (χ4n) is 3.77. The number of carboxylic acid groups (broad SMARTS) is 1. The molecule has 1 N–H and O–H groups in total. The number of para-hydroxylation sites is 1.